The Balaban J connectivity index is -0.000000286. The number of aromatic hydroxyl groups is 1. The van der Waals surface area contributed by atoms with Gasteiger partial charge in [-0.1, -0.05) is 0 Å². The summed E-state index contributed by atoms with van der Waals surface area (Å²) in [6, 6.07) is 5.88. The molecular formula is C8H8K2O8S2. The van der Waals surface area contributed by atoms with Crippen LogP contribution in [0, 0.1) is 0 Å². The molecule has 20 heavy (non-hydrogen) atoms. The van der Waals surface area contributed by atoms with Crippen LogP contribution in [0.3, 0.4) is 0 Å². The van der Waals surface area contributed by atoms with Crippen molar-refractivity contribution in [3.05, 3.63) is 29.8 Å². The molecule has 0 saturated carbocycles. The van der Waals surface area contributed by atoms with E-state index < -0.39 is 25.2 Å². The Bertz CT molecular complexity index is 528. The predicted molar refractivity (Wildman–Crippen MR) is 58.1 cm³/mol. The number of phenols is 1. The van der Waals surface area contributed by atoms with E-state index in [4.69, 9.17) is 26.8 Å². The van der Waals surface area contributed by atoms with E-state index in [0.717, 1.165) is 0 Å². The van der Waals surface area contributed by atoms with Crippen LogP contribution < -0.4 is 103 Å². The topological polar surface area (TPSA) is 144 Å². The van der Waals surface area contributed by atoms with Crippen molar-refractivity contribution < 1.29 is 139 Å². The molecule has 8 nitrogen and oxygen atoms in total. The zero-order chi connectivity index (χ0) is 14.3. The second kappa shape index (κ2) is 13.2. The number of esters is 1. The van der Waals surface area contributed by atoms with Crippen molar-refractivity contribution in [1.29, 1.82) is 0 Å². The number of methoxy groups -OCH3 is 1. The molecule has 0 amide bonds. The van der Waals surface area contributed by atoms with Gasteiger partial charge in [0.15, 0.2) is 9.15 Å². The molecule has 0 aliphatic heterocycles. The van der Waals surface area contributed by atoms with Gasteiger partial charge in [0, 0.05) is 0 Å². The van der Waals surface area contributed by atoms with E-state index in [1.165, 1.54) is 31.4 Å². The summed E-state index contributed by atoms with van der Waals surface area (Å²) in [5, 5.41) is 8.86. The summed E-state index contributed by atoms with van der Waals surface area (Å²) in [7, 11) is -7.28. The average Bonchev–Trinajstić information content (AvgIpc) is 2.28. The molecule has 12 heteroatoms. The zero-order valence-electron chi connectivity index (χ0n) is 10.9. The van der Waals surface area contributed by atoms with Gasteiger partial charge in [-0.15, -0.1) is 0 Å². The van der Waals surface area contributed by atoms with Gasteiger partial charge in [0.05, 0.1) is 22.8 Å². The minimum Gasteiger partial charge on any atom is -0.761 e. The number of carbonyl (C=O) groups is 1. The van der Waals surface area contributed by atoms with Crippen molar-refractivity contribution >= 4 is 25.2 Å². The Kier molecular flexibility index (Phi) is 17.7. The van der Waals surface area contributed by atoms with Gasteiger partial charge in [-0.25, -0.2) is 13.2 Å². The van der Waals surface area contributed by atoms with Crippen molar-refractivity contribution in [3.63, 3.8) is 0 Å². The zero-order valence-corrected chi connectivity index (χ0v) is 18.8. The molecule has 0 aliphatic rings. The normalized spacial score (nSPS) is 10.8. The number of ether oxygens (including phenoxy) is 1. The molecule has 0 saturated heterocycles. The standard InChI is InChI=1S/C8H8O3.2K.H2O5S2/c1-11-8(10)6-2-4-7(9)5-3-6;;;1-6(2)7(3,4)5/h2-5,9H,1H3;;;(H,1,2)(H,3,4,5)/q;2*+1;/p-2. The van der Waals surface area contributed by atoms with Gasteiger partial charge in [-0.05, 0) is 24.3 Å². The monoisotopic (exact) mass is 374 g/mol. The number of hydrogen-bond donors (Lipinski definition) is 1. The van der Waals surface area contributed by atoms with Crippen molar-refractivity contribution in [2.24, 2.45) is 0 Å². The number of hydrogen-bond acceptors (Lipinski definition) is 8. The molecule has 1 aromatic carbocycles. The molecule has 102 valence electrons. The molecule has 0 heterocycles. The molecule has 0 aromatic heterocycles. The van der Waals surface area contributed by atoms with Crippen molar-refractivity contribution in [3.8, 4) is 5.75 Å². The van der Waals surface area contributed by atoms with Crippen LogP contribution >= 0.6 is 0 Å². The molecule has 0 bridgehead atoms. The van der Waals surface area contributed by atoms with E-state index in [1.807, 2.05) is 0 Å². The average molecular weight is 374 g/mol. The summed E-state index contributed by atoms with van der Waals surface area (Å²) in [4.78, 5) is 10.8. The van der Waals surface area contributed by atoms with Gasteiger partial charge < -0.3 is 18.9 Å². The number of benzene rings is 1. The maximum Gasteiger partial charge on any atom is 1.00 e. The predicted octanol–water partition coefficient (Wildman–Crippen LogP) is -6.49. The quantitative estimate of drug-likeness (QED) is 0.177. The second-order valence-corrected chi connectivity index (χ2v) is 5.92. The van der Waals surface area contributed by atoms with Crippen LogP contribution in [-0.2, 0) is 24.0 Å². The molecule has 1 rings (SSSR count). The Labute approximate surface area is 202 Å². The first-order valence-corrected chi connectivity index (χ1v) is 7.11. The van der Waals surface area contributed by atoms with E-state index in [9.17, 15) is 4.79 Å². The Hall–Kier alpha value is 1.78. The fraction of sp³-hybridized carbons (Fsp3) is 0.125. The summed E-state index contributed by atoms with van der Waals surface area (Å²) < 4.78 is 50.2. The molecule has 0 radical (unpaired) electrons. The fourth-order valence-corrected chi connectivity index (χ4v) is 0.715. The third kappa shape index (κ3) is 12.3. The molecule has 1 unspecified atom stereocenters. The summed E-state index contributed by atoms with van der Waals surface area (Å²) in [6.45, 7) is 0. The minimum atomic E-state index is -5.07. The van der Waals surface area contributed by atoms with Crippen LogP contribution in [0.1, 0.15) is 10.4 Å². The van der Waals surface area contributed by atoms with Gasteiger partial charge in [-0.2, -0.15) is 0 Å². The van der Waals surface area contributed by atoms with Crippen LogP contribution in [0.5, 0.6) is 5.75 Å². The molecule has 0 spiro atoms. The largest absolute Gasteiger partial charge is 1.00 e. The Morgan fingerprint density at radius 1 is 1.25 bits per heavy atom. The summed E-state index contributed by atoms with van der Waals surface area (Å²) in [5.41, 5.74) is 0.435. The smallest absolute Gasteiger partial charge is 0.761 e. The maximum absolute atomic E-state index is 10.8. The molecular weight excluding hydrogens is 366 g/mol. The third-order valence-electron chi connectivity index (χ3n) is 1.46. The first kappa shape index (κ1) is 26.7. The number of rotatable bonds is 2. The molecule has 0 aliphatic carbocycles. The van der Waals surface area contributed by atoms with Crippen LogP contribution in [0.25, 0.3) is 0 Å². The first-order chi connectivity index (χ1) is 8.18. The minimum absolute atomic E-state index is 0. The molecule has 1 atom stereocenters. The number of carbonyl (C=O) groups excluding carboxylic acids is 1. The SMILES string of the molecule is COC(=O)c1ccc(O)cc1.O=S([O-])S(=O)(=O)[O-].[K+].[K+]. The van der Waals surface area contributed by atoms with Crippen LogP contribution in [-0.4, -0.2) is 39.9 Å². The Morgan fingerprint density at radius 2 is 1.60 bits per heavy atom. The van der Waals surface area contributed by atoms with Crippen molar-refractivity contribution in [1.82, 2.24) is 0 Å². The van der Waals surface area contributed by atoms with E-state index in [1.54, 1.807) is 0 Å². The Morgan fingerprint density at radius 3 is 1.85 bits per heavy atom. The third-order valence-corrected chi connectivity index (χ3v) is 2.79. The second-order valence-electron chi connectivity index (χ2n) is 2.65. The van der Waals surface area contributed by atoms with E-state index in [2.05, 4.69) is 4.74 Å². The van der Waals surface area contributed by atoms with Crippen LogP contribution in [0.4, 0.5) is 0 Å². The van der Waals surface area contributed by atoms with Crippen molar-refractivity contribution in [2.75, 3.05) is 7.11 Å². The van der Waals surface area contributed by atoms with Gasteiger partial charge in [0.2, 0.25) is 0 Å². The first-order valence-electron chi connectivity index (χ1n) is 4.11. The van der Waals surface area contributed by atoms with Gasteiger partial charge in [0.1, 0.15) is 5.75 Å². The number of phenolic OH excluding ortho intramolecular Hbond substituents is 1. The summed E-state index contributed by atoms with van der Waals surface area (Å²) >= 11 is 0. The maximum atomic E-state index is 10.8. The van der Waals surface area contributed by atoms with Gasteiger partial charge >= 0.3 is 109 Å². The van der Waals surface area contributed by atoms with E-state index >= 15 is 0 Å². The van der Waals surface area contributed by atoms with Gasteiger partial charge in [0.25, 0.3) is 0 Å². The summed E-state index contributed by atoms with van der Waals surface area (Å²) in [6.07, 6.45) is 0. The van der Waals surface area contributed by atoms with E-state index in [-0.39, 0.29) is 109 Å². The van der Waals surface area contributed by atoms with E-state index in [0.29, 0.717) is 5.56 Å². The molecule has 1 aromatic rings. The molecule has 0 fully saturated rings. The fourth-order valence-electron chi connectivity index (χ4n) is 0.715. The van der Waals surface area contributed by atoms with Crippen LogP contribution in [0.15, 0.2) is 24.3 Å². The summed E-state index contributed by atoms with van der Waals surface area (Å²) in [5.74, 6) is -0.261. The van der Waals surface area contributed by atoms with Crippen molar-refractivity contribution in [2.45, 2.75) is 0 Å². The molecule has 1 N–H and O–H groups in total. The van der Waals surface area contributed by atoms with Crippen LogP contribution in [0.2, 0.25) is 0 Å². The van der Waals surface area contributed by atoms with Gasteiger partial charge in [-0.3, -0.25) is 4.21 Å².